The van der Waals surface area contributed by atoms with E-state index in [4.69, 9.17) is 15.2 Å². The Kier molecular flexibility index (Phi) is 3.48. The molecule has 0 aliphatic heterocycles. The summed E-state index contributed by atoms with van der Waals surface area (Å²) in [6, 6.07) is 10.6. The second kappa shape index (κ2) is 5.06. The van der Waals surface area contributed by atoms with Gasteiger partial charge in [-0.25, -0.2) is 0 Å². The molecule has 1 atom stereocenters. The summed E-state index contributed by atoms with van der Waals surface area (Å²) in [5.74, 6) is 0.108. The van der Waals surface area contributed by atoms with Crippen LogP contribution in [0.3, 0.4) is 0 Å². The van der Waals surface area contributed by atoms with Gasteiger partial charge in [0, 0.05) is 5.56 Å². The summed E-state index contributed by atoms with van der Waals surface area (Å²) >= 11 is 0. The third kappa shape index (κ3) is 2.02. The summed E-state index contributed by atoms with van der Waals surface area (Å²) in [4.78, 5) is 11.6. The first-order valence-electron chi connectivity index (χ1n) is 5.58. The SMILES string of the molecule is COC(=O)C(N)c1c(OC)ccc2ccccc12. The molecule has 2 N–H and O–H groups in total. The molecule has 2 aromatic rings. The number of carbonyl (C=O) groups excluding carboxylic acids is 1. The average Bonchev–Trinajstić information content (AvgIpc) is 2.44. The van der Waals surface area contributed by atoms with Gasteiger partial charge in [-0.1, -0.05) is 30.3 Å². The van der Waals surface area contributed by atoms with E-state index in [1.807, 2.05) is 30.3 Å². The second-order valence-electron chi connectivity index (χ2n) is 3.90. The minimum atomic E-state index is -0.851. The van der Waals surface area contributed by atoms with Crippen LogP contribution in [-0.4, -0.2) is 20.2 Å². The van der Waals surface area contributed by atoms with E-state index in [9.17, 15) is 4.79 Å². The van der Waals surface area contributed by atoms with Crippen molar-refractivity contribution < 1.29 is 14.3 Å². The van der Waals surface area contributed by atoms with Gasteiger partial charge in [0.1, 0.15) is 11.8 Å². The largest absolute Gasteiger partial charge is 0.496 e. The van der Waals surface area contributed by atoms with Gasteiger partial charge in [0.05, 0.1) is 14.2 Å². The van der Waals surface area contributed by atoms with Crippen LogP contribution in [0.25, 0.3) is 10.8 Å². The summed E-state index contributed by atoms with van der Waals surface area (Å²) < 4.78 is 9.98. The number of hydrogen-bond acceptors (Lipinski definition) is 4. The van der Waals surface area contributed by atoms with E-state index in [1.165, 1.54) is 7.11 Å². The Labute approximate surface area is 105 Å². The van der Waals surface area contributed by atoms with E-state index >= 15 is 0 Å². The molecule has 0 spiro atoms. The summed E-state index contributed by atoms with van der Waals surface area (Å²) in [6.45, 7) is 0. The van der Waals surface area contributed by atoms with Crippen molar-refractivity contribution in [3.63, 3.8) is 0 Å². The predicted molar refractivity (Wildman–Crippen MR) is 69.4 cm³/mol. The summed E-state index contributed by atoms with van der Waals surface area (Å²) in [5.41, 5.74) is 6.59. The predicted octanol–water partition coefficient (Wildman–Crippen LogP) is 2.02. The molecule has 0 aromatic heterocycles. The van der Waals surface area contributed by atoms with Crippen molar-refractivity contribution in [1.82, 2.24) is 0 Å². The molecule has 4 heteroatoms. The zero-order valence-corrected chi connectivity index (χ0v) is 10.3. The summed E-state index contributed by atoms with van der Waals surface area (Å²) in [5, 5.41) is 1.91. The highest BCUT2D eigenvalue weighted by Gasteiger charge is 2.22. The molecule has 0 aliphatic rings. The highest BCUT2D eigenvalue weighted by atomic mass is 16.5. The molecule has 94 valence electrons. The van der Waals surface area contributed by atoms with Crippen LogP contribution in [-0.2, 0) is 9.53 Å². The summed E-state index contributed by atoms with van der Waals surface area (Å²) in [7, 11) is 2.87. The van der Waals surface area contributed by atoms with Crippen molar-refractivity contribution in [2.24, 2.45) is 5.73 Å². The highest BCUT2D eigenvalue weighted by molar-refractivity contribution is 5.93. The Morgan fingerprint density at radius 2 is 1.89 bits per heavy atom. The first-order chi connectivity index (χ1) is 8.69. The molecule has 0 heterocycles. The Balaban J connectivity index is 2.68. The maximum atomic E-state index is 11.6. The fraction of sp³-hybridized carbons (Fsp3) is 0.214. The lowest BCUT2D eigenvalue weighted by Gasteiger charge is -2.16. The molecule has 1 unspecified atom stereocenters. The van der Waals surface area contributed by atoms with Gasteiger partial charge in [-0.05, 0) is 16.8 Å². The van der Waals surface area contributed by atoms with Crippen LogP contribution in [0.5, 0.6) is 5.75 Å². The van der Waals surface area contributed by atoms with Crippen molar-refractivity contribution in [2.45, 2.75) is 6.04 Å². The fourth-order valence-corrected chi connectivity index (χ4v) is 2.02. The van der Waals surface area contributed by atoms with Crippen molar-refractivity contribution in [3.8, 4) is 5.75 Å². The number of nitrogens with two attached hydrogens (primary N) is 1. The molecule has 0 bridgehead atoms. The van der Waals surface area contributed by atoms with Gasteiger partial charge >= 0.3 is 5.97 Å². The van der Waals surface area contributed by atoms with Gasteiger partial charge in [0.25, 0.3) is 0 Å². The third-order valence-electron chi connectivity index (χ3n) is 2.92. The van der Waals surface area contributed by atoms with E-state index < -0.39 is 12.0 Å². The molecule has 2 rings (SSSR count). The highest BCUT2D eigenvalue weighted by Crippen LogP contribution is 2.32. The maximum Gasteiger partial charge on any atom is 0.327 e. The van der Waals surface area contributed by atoms with Crippen LogP contribution < -0.4 is 10.5 Å². The Morgan fingerprint density at radius 3 is 2.56 bits per heavy atom. The van der Waals surface area contributed by atoms with Crippen LogP contribution in [0.2, 0.25) is 0 Å². The summed E-state index contributed by atoms with van der Waals surface area (Å²) in [6.07, 6.45) is 0. The number of hydrogen-bond donors (Lipinski definition) is 1. The fourth-order valence-electron chi connectivity index (χ4n) is 2.02. The second-order valence-corrected chi connectivity index (χ2v) is 3.90. The van der Waals surface area contributed by atoms with Crippen LogP contribution in [0.15, 0.2) is 36.4 Å². The lowest BCUT2D eigenvalue weighted by molar-refractivity contribution is -0.142. The van der Waals surface area contributed by atoms with E-state index in [0.29, 0.717) is 11.3 Å². The van der Waals surface area contributed by atoms with Crippen LogP contribution in [0, 0.1) is 0 Å². The van der Waals surface area contributed by atoms with Crippen molar-refractivity contribution in [2.75, 3.05) is 14.2 Å². The lowest BCUT2D eigenvalue weighted by atomic mass is 9.98. The number of benzene rings is 2. The first-order valence-corrected chi connectivity index (χ1v) is 5.58. The first kappa shape index (κ1) is 12.4. The average molecular weight is 245 g/mol. The number of esters is 1. The monoisotopic (exact) mass is 245 g/mol. The van der Waals surface area contributed by atoms with Crippen LogP contribution in [0.1, 0.15) is 11.6 Å². The maximum absolute atomic E-state index is 11.6. The molecular weight excluding hydrogens is 230 g/mol. The number of fused-ring (bicyclic) bond motifs is 1. The Hall–Kier alpha value is -2.07. The minimum Gasteiger partial charge on any atom is -0.496 e. The third-order valence-corrected chi connectivity index (χ3v) is 2.92. The normalized spacial score (nSPS) is 12.2. The van der Waals surface area contributed by atoms with Gasteiger partial charge in [-0.2, -0.15) is 0 Å². The zero-order chi connectivity index (χ0) is 13.1. The van der Waals surface area contributed by atoms with E-state index in [0.717, 1.165) is 10.8 Å². The van der Waals surface area contributed by atoms with Crippen molar-refractivity contribution in [3.05, 3.63) is 42.0 Å². The number of carbonyl (C=O) groups is 1. The van der Waals surface area contributed by atoms with Gasteiger partial charge in [0.15, 0.2) is 0 Å². The topological polar surface area (TPSA) is 61.5 Å². The molecule has 0 radical (unpaired) electrons. The Morgan fingerprint density at radius 1 is 1.17 bits per heavy atom. The molecule has 18 heavy (non-hydrogen) atoms. The molecule has 0 fully saturated rings. The lowest BCUT2D eigenvalue weighted by Crippen LogP contribution is -2.23. The van der Waals surface area contributed by atoms with E-state index in [2.05, 4.69) is 0 Å². The van der Waals surface area contributed by atoms with Gasteiger partial charge in [-0.15, -0.1) is 0 Å². The molecule has 0 saturated heterocycles. The van der Waals surface area contributed by atoms with Crippen LogP contribution >= 0.6 is 0 Å². The zero-order valence-electron chi connectivity index (χ0n) is 10.3. The van der Waals surface area contributed by atoms with Crippen molar-refractivity contribution in [1.29, 1.82) is 0 Å². The van der Waals surface area contributed by atoms with E-state index in [-0.39, 0.29) is 0 Å². The smallest absolute Gasteiger partial charge is 0.327 e. The quantitative estimate of drug-likeness (QED) is 0.840. The molecule has 0 amide bonds. The molecule has 2 aromatic carbocycles. The van der Waals surface area contributed by atoms with E-state index in [1.54, 1.807) is 13.2 Å². The van der Waals surface area contributed by atoms with Gasteiger partial charge in [-0.3, -0.25) is 4.79 Å². The van der Waals surface area contributed by atoms with Crippen molar-refractivity contribution >= 4 is 16.7 Å². The number of rotatable bonds is 3. The van der Waals surface area contributed by atoms with Crippen LogP contribution in [0.4, 0.5) is 0 Å². The molecule has 0 saturated carbocycles. The van der Waals surface area contributed by atoms with Gasteiger partial charge in [0.2, 0.25) is 0 Å². The standard InChI is InChI=1S/C14H15NO3/c1-17-11-8-7-9-5-3-4-6-10(9)12(11)13(15)14(16)18-2/h3-8,13H,15H2,1-2H3. The molecule has 4 nitrogen and oxygen atoms in total. The van der Waals surface area contributed by atoms with Gasteiger partial charge < -0.3 is 15.2 Å². The molecule has 0 aliphatic carbocycles. The number of ether oxygens (including phenoxy) is 2. The molecular formula is C14H15NO3. The Bertz CT molecular complexity index is 580. The minimum absolute atomic E-state index is 0.482. The number of methoxy groups -OCH3 is 2.